The molecular weight excluding hydrogens is 323 g/mol. The molecule has 3 rings (SSSR count). The van der Waals surface area contributed by atoms with Gasteiger partial charge in [-0.3, -0.25) is 0 Å². The summed E-state index contributed by atoms with van der Waals surface area (Å²) in [5.41, 5.74) is -0.552. The number of hydrogen-bond acceptors (Lipinski definition) is 1. The van der Waals surface area contributed by atoms with Gasteiger partial charge in [-0.2, -0.15) is 0 Å². The van der Waals surface area contributed by atoms with Gasteiger partial charge in [0.1, 0.15) is 0 Å². The van der Waals surface area contributed by atoms with Crippen LogP contribution in [0.2, 0.25) is 0 Å². The normalized spacial score (nSPS) is 27.0. The lowest BCUT2D eigenvalue weighted by Crippen LogP contribution is -2.49. The molecular formula is C23H31OP. The van der Waals surface area contributed by atoms with Gasteiger partial charge >= 0.3 is 0 Å². The zero-order valence-corrected chi connectivity index (χ0v) is 16.6. The predicted molar refractivity (Wildman–Crippen MR) is 110 cm³/mol. The van der Waals surface area contributed by atoms with Crippen LogP contribution in [0.3, 0.4) is 0 Å². The molecule has 0 heterocycles. The maximum Gasteiger partial charge on any atom is 0.0725 e. The predicted octanol–water partition coefficient (Wildman–Crippen LogP) is 4.94. The summed E-state index contributed by atoms with van der Waals surface area (Å²) in [6.45, 7) is 6.85. The lowest BCUT2D eigenvalue weighted by molar-refractivity contribution is -0.0615. The molecule has 25 heavy (non-hydrogen) atoms. The molecule has 0 bridgehead atoms. The van der Waals surface area contributed by atoms with Crippen LogP contribution in [0.15, 0.2) is 60.7 Å². The Hall–Kier alpha value is -1.17. The fraction of sp³-hybridized carbons (Fsp3) is 0.478. The van der Waals surface area contributed by atoms with E-state index in [1.807, 2.05) is 0 Å². The van der Waals surface area contributed by atoms with Gasteiger partial charge in [0, 0.05) is 6.16 Å². The Morgan fingerprint density at radius 2 is 1.48 bits per heavy atom. The molecule has 2 aromatic carbocycles. The molecule has 0 aromatic heterocycles. The van der Waals surface area contributed by atoms with Crippen LogP contribution < -0.4 is 10.6 Å². The van der Waals surface area contributed by atoms with Gasteiger partial charge in [0.15, 0.2) is 0 Å². The average Bonchev–Trinajstić information content (AvgIpc) is 2.61. The molecule has 2 aromatic rings. The van der Waals surface area contributed by atoms with Gasteiger partial charge in [0.2, 0.25) is 0 Å². The van der Waals surface area contributed by atoms with Crippen LogP contribution in [-0.2, 0) is 0 Å². The highest BCUT2D eigenvalue weighted by Crippen LogP contribution is 2.48. The third-order valence-corrected chi connectivity index (χ3v) is 8.44. The van der Waals surface area contributed by atoms with Crippen molar-refractivity contribution in [2.75, 3.05) is 6.16 Å². The maximum atomic E-state index is 11.8. The van der Waals surface area contributed by atoms with E-state index in [1.54, 1.807) is 0 Å². The fourth-order valence-electron chi connectivity index (χ4n) is 4.55. The zero-order valence-electron chi connectivity index (χ0n) is 15.7. The third kappa shape index (κ3) is 4.33. The van der Waals surface area contributed by atoms with Crippen LogP contribution >= 0.6 is 7.92 Å². The molecule has 0 unspecified atom stereocenters. The van der Waals surface area contributed by atoms with Crippen LogP contribution in [0.5, 0.6) is 0 Å². The number of benzene rings is 2. The molecule has 134 valence electrons. The summed E-state index contributed by atoms with van der Waals surface area (Å²) < 4.78 is 0. The first kappa shape index (κ1) is 18.6. The average molecular weight is 354 g/mol. The van der Waals surface area contributed by atoms with Crippen molar-refractivity contribution in [3.63, 3.8) is 0 Å². The lowest BCUT2D eigenvalue weighted by atomic mass is 9.68. The van der Waals surface area contributed by atoms with Gasteiger partial charge in [-0.15, -0.1) is 0 Å². The second-order valence-corrected chi connectivity index (χ2v) is 10.3. The van der Waals surface area contributed by atoms with Gasteiger partial charge in [0.25, 0.3) is 0 Å². The minimum Gasteiger partial charge on any atom is -0.389 e. The Bertz CT molecular complexity index is 615. The summed E-state index contributed by atoms with van der Waals surface area (Å²) in [4.78, 5) is 0. The lowest BCUT2D eigenvalue weighted by Gasteiger charge is -2.46. The Balaban J connectivity index is 1.96. The van der Waals surface area contributed by atoms with Crippen LogP contribution in [0.4, 0.5) is 0 Å². The molecule has 0 spiro atoms. The van der Waals surface area contributed by atoms with E-state index in [1.165, 1.54) is 17.0 Å². The largest absolute Gasteiger partial charge is 0.389 e. The molecule has 0 amide bonds. The standard InChI is InChI=1S/C23H31OP/c1-18(2)22-15-14-19(3)16-23(22,24)17-25(20-10-6-4-7-11-20)21-12-8-5-9-13-21/h4-13,18-19,22,24H,14-17H2,1-3H3/t19-,22+,23-/m1/s1. The van der Waals surface area contributed by atoms with E-state index >= 15 is 0 Å². The Kier molecular flexibility index (Phi) is 5.97. The molecule has 3 atom stereocenters. The smallest absolute Gasteiger partial charge is 0.0725 e. The fourth-order valence-corrected chi connectivity index (χ4v) is 7.19. The quantitative estimate of drug-likeness (QED) is 0.754. The van der Waals surface area contributed by atoms with Crippen molar-refractivity contribution in [1.82, 2.24) is 0 Å². The monoisotopic (exact) mass is 354 g/mol. The Labute approximate surface area is 154 Å². The van der Waals surface area contributed by atoms with Crippen molar-refractivity contribution in [1.29, 1.82) is 0 Å². The number of aliphatic hydroxyl groups is 1. The van der Waals surface area contributed by atoms with Gasteiger partial charge in [0.05, 0.1) is 5.60 Å². The highest BCUT2D eigenvalue weighted by molar-refractivity contribution is 7.73. The minimum atomic E-state index is -0.552. The first-order valence-electron chi connectivity index (χ1n) is 9.59. The molecule has 1 aliphatic rings. The summed E-state index contributed by atoms with van der Waals surface area (Å²) in [6.07, 6.45) is 4.22. The highest BCUT2D eigenvalue weighted by Gasteiger charge is 2.44. The van der Waals surface area contributed by atoms with Crippen LogP contribution in [0.1, 0.15) is 40.0 Å². The van der Waals surface area contributed by atoms with E-state index in [4.69, 9.17) is 0 Å². The van der Waals surface area contributed by atoms with Crippen molar-refractivity contribution in [3.8, 4) is 0 Å². The molecule has 1 saturated carbocycles. The van der Waals surface area contributed by atoms with E-state index in [-0.39, 0.29) is 0 Å². The zero-order chi connectivity index (χ0) is 17.9. The van der Waals surface area contributed by atoms with E-state index in [2.05, 4.69) is 81.4 Å². The molecule has 1 nitrogen and oxygen atoms in total. The molecule has 1 fully saturated rings. The van der Waals surface area contributed by atoms with Crippen molar-refractivity contribution in [2.24, 2.45) is 17.8 Å². The van der Waals surface area contributed by atoms with E-state index in [9.17, 15) is 5.11 Å². The SMILES string of the molecule is CC(C)[C@@H]1CC[C@@H](C)C[C@@]1(O)CP(c1ccccc1)c1ccccc1. The van der Waals surface area contributed by atoms with Crippen molar-refractivity contribution >= 4 is 18.5 Å². The van der Waals surface area contributed by atoms with Gasteiger partial charge in [-0.05, 0) is 49.1 Å². The van der Waals surface area contributed by atoms with E-state index < -0.39 is 13.5 Å². The number of rotatable bonds is 5. The molecule has 0 saturated heterocycles. The third-order valence-electron chi connectivity index (χ3n) is 5.73. The second kappa shape index (κ2) is 8.02. The van der Waals surface area contributed by atoms with Crippen molar-refractivity contribution in [2.45, 2.75) is 45.6 Å². The second-order valence-electron chi connectivity index (χ2n) is 8.10. The van der Waals surface area contributed by atoms with Crippen molar-refractivity contribution < 1.29 is 5.11 Å². The molecule has 0 aliphatic heterocycles. The Morgan fingerprint density at radius 1 is 0.960 bits per heavy atom. The van der Waals surface area contributed by atoms with Gasteiger partial charge < -0.3 is 5.11 Å². The van der Waals surface area contributed by atoms with Gasteiger partial charge in [-0.1, -0.05) is 87.9 Å². The summed E-state index contributed by atoms with van der Waals surface area (Å²) in [6, 6.07) is 21.6. The van der Waals surface area contributed by atoms with Gasteiger partial charge in [-0.25, -0.2) is 0 Å². The summed E-state index contributed by atoms with van der Waals surface area (Å²) in [7, 11) is -0.543. The minimum absolute atomic E-state index is 0.404. The molecule has 1 aliphatic carbocycles. The molecule has 2 heteroatoms. The van der Waals surface area contributed by atoms with Crippen LogP contribution in [0, 0.1) is 17.8 Å². The van der Waals surface area contributed by atoms with E-state index in [0.717, 1.165) is 19.0 Å². The van der Waals surface area contributed by atoms with Crippen molar-refractivity contribution in [3.05, 3.63) is 60.7 Å². The maximum absolute atomic E-state index is 11.8. The Morgan fingerprint density at radius 3 is 1.96 bits per heavy atom. The van der Waals surface area contributed by atoms with Crippen LogP contribution in [0.25, 0.3) is 0 Å². The summed E-state index contributed by atoms with van der Waals surface area (Å²) in [5, 5.41) is 14.5. The molecule has 1 N–H and O–H groups in total. The first-order chi connectivity index (χ1) is 12.0. The molecule has 0 radical (unpaired) electrons. The van der Waals surface area contributed by atoms with Crippen LogP contribution in [-0.4, -0.2) is 16.9 Å². The van der Waals surface area contributed by atoms with E-state index in [0.29, 0.717) is 17.8 Å². The number of hydrogen-bond donors (Lipinski definition) is 1. The summed E-state index contributed by atoms with van der Waals surface area (Å²) in [5.74, 6) is 1.55. The highest BCUT2D eigenvalue weighted by atomic mass is 31.1. The summed E-state index contributed by atoms with van der Waals surface area (Å²) >= 11 is 0. The topological polar surface area (TPSA) is 20.2 Å². The first-order valence-corrected chi connectivity index (χ1v) is 11.1.